The van der Waals surface area contributed by atoms with E-state index in [1.165, 1.54) is 24.6 Å². The van der Waals surface area contributed by atoms with Gasteiger partial charge in [-0.15, -0.1) is 5.10 Å². The Kier molecular flexibility index (Phi) is 5.47. The van der Waals surface area contributed by atoms with E-state index in [1.807, 2.05) is 35.9 Å². The lowest BCUT2D eigenvalue weighted by Crippen LogP contribution is -2.33. The van der Waals surface area contributed by atoms with Crippen LogP contribution < -0.4 is 10.1 Å². The van der Waals surface area contributed by atoms with Gasteiger partial charge in [0.15, 0.2) is 0 Å². The second kappa shape index (κ2) is 8.18. The lowest BCUT2D eigenvalue weighted by molar-refractivity contribution is -0.119. The minimum Gasteiger partial charge on any atom is -0.494 e. The Morgan fingerprint density at radius 1 is 1.29 bits per heavy atom. The molecule has 0 radical (unpaired) electrons. The van der Waals surface area contributed by atoms with Gasteiger partial charge in [-0.2, -0.15) is 10.2 Å². The molecule has 0 spiro atoms. The molecule has 4 rings (SSSR count). The molecule has 1 amide bonds. The van der Waals surface area contributed by atoms with E-state index >= 15 is 0 Å². The fourth-order valence-electron chi connectivity index (χ4n) is 3.60. The van der Waals surface area contributed by atoms with Crippen LogP contribution in [-0.2, 0) is 4.79 Å². The molecule has 8 heteroatoms. The second-order valence-corrected chi connectivity index (χ2v) is 7.88. The summed E-state index contributed by atoms with van der Waals surface area (Å²) in [5.41, 5.74) is 2.47. The van der Waals surface area contributed by atoms with Gasteiger partial charge in [0.2, 0.25) is 5.91 Å². The van der Waals surface area contributed by atoms with Crippen LogP contribution >= 0.6 is 11.8 Å². The molecular weight excluding hydrogens is 374 g/mol. The smallest absolute Gasteiger partial charge is 0.230 e. The Morgan fingerprint density at radius 3 is 2.86 bits per heavy atom. The van der Waals surface area contributed by atoms with E-state index in [1.54, 1.807) is 13.3 Å². The number of para-hydroxylation sites is 2. The highest BCUT2D eigenvalue weighted by Crippen LogP contribution is 2.31. The summed E-state index contributed by atoms with van der Waals surface area (Å²) in [6.45, 7) is 1.91. The van der Waals surface area contributed by atoms with Crippen LogP contribution in [0.1, 0.15) is 31.4 Å². The summed E-state index contributed by atoms with van der Waals surface area (Å²) in [6, 6.07) is 8.02. The van der Waals surface area contributed by atoms with Crippen LogP contribution in [0.4, 0.5) is 0 Å². The molecule has 3 aromatic rings. The fourth-order valence-corrected chi connectivity index (χ4v) is 4.38. The minimum absolute atomic E-state index is 0.0378. The maximum atomic E-state index is 12.3. The maximum Gasteiger partial charge on any atom is 0.230 e. The zero-order chi connectivity index (χ0) is 19.5. The molecule has 0 unspecified atom stereocenters. The normalized spacial score (nSPS) is 14.5. The number of aryl methyl sites for hydroxylation is 1. The molecule has 1 aliphatic carbocycles. The summed E-state index contributed by atoms with van der Waals surface area (Å²) in [5.74, 6) is 1.06. The molecule has 1 saturated carbocycles. The fraction of sp³-hybridized carbons (Fsp3) is 0.400. The molecule has 1 N–H and O–H groups in total. The first-order chi connectivity index (χ1) is 13.7. The van der Waals surface area contributed by atoms with Gasteiger partial charge in [0, 0.05) is 11.4 Å². The van der Waals surface area contributed by atoms with E-state index in [-0.39, 0.29) is 5.91 Å². The number of nitrogens with zero attached hydrogens (tertiary/aromatic N) is 4. The number of rotatable bonds is 6. The van der Waals surface area contributed by atoms with Crippen LogP contribution in [0.5, 0.6) is 5.75 Å². The average Bonchev–Trinajstić information content (AvgIpc) is 3.38. The summed E-state index contributed by atoms with van der Waals surface area (Å²) < 4.78 is 7.31. The molecule has 0 aliphatic heterocycles. The van der Waals surface area contributed by atoms with Gasteiger partial charge in [0.25, 0.3) is 0 Å². The quantitative estimate of drug-likeness (QED) is 0.643. The molecule has 7 nitrogen and oxygen atoms in total. The number of aromatic nitrogens is 4. The average molecular weight is 398 g/mol. The third kappa shape index (κ3) is 3.69. The zero-order valence-corrected chi connectivity index (χ0v) is 16.8. The van der Waals surface area contributed by atoms with E-state index in [0.29, 0.717) is 16.8 Å². The van der Waals surface area contributed by atoms with Crippen molar-refractivity contribution >= 4 is 28.6 Å². The number of thioether (sulfide) groups is 1. The largest absolute Gasteiger partial charge is 0.494 e. The third-order valence-electron chi connectivity index (χ3n) is 5.03. The third-order valence-corrected chi connectivity index (χ3v) is 5.98. The van der Waals surface area contributed by atoms with Crippen molar-refractivity contribution in [3.63, 3.8) is 0 Å². The van der Waals surface area contributed by atoms with Gasteiger partial charge in [0.1, 0.15) is 22.0 Å². The van der Waals surface area contributed by atoms with Gasteiger partial charge in [-0.05, 0) is 31.9 Å². The van der Waals surface area contributed by atoms with E-state index in [4.69, 9.17) is 4.74 Å². The lowest BCUT2D eigenvalue weighted by Gasteiger charge is -2.13. The van der Waals surface area contributed by atoms with Crippen molar-refractivity contribution in [2.45, 2.75) is 43.7 Å². The number of methoxy groups -OCH3 is 1. The Hall–Kier alpha value is -2.61. The van der Waals surface area contributed by atoms with Crippen LogP contribution in [0.15, 0.2) is 35.5 Å². The van der Waals surface area contributed by atoms with E-state index < -0.39 is 0 Å². The summed E-state index contributed by atoms with van der Waals surface area (Å²) in [6.07, 6.45) is 6.33. The number of nitrogens with one attached hydrogen (secondary N) is 1. The monoisotopic (exact) mass is 397 g/mol. The number of benzene rings is 1. The van der Waals surface area contributed by atoms with Crippen molar-refractivity contribution in [1.82, 2.24) is 25.3 Å². The SMILES string of the molecule is COc1ccccc1-n1ncc2c(C)nnc(SCC(=O)NC3CCCC3)c21. The predicted octanol–water partition coefficient (Wildman–Crippen LogP) is 3.28. The molecule has 28 heavy (non-hydrogen) atoms. The molecule has 0 saturated heterocycles. The predicted molar refractivity (Wildman–Crippen MR) is 109 cm³/mol. The van der Waals surface area contributed by atoms with Gasteiger partial charge in [0.05, 0.1) is 24.8 Å². The summed E-state index contributed by atoms with van der Waals surface area (Å²) >= 11 is 1.39. The van der Waals surface area contributed by atoms with Gasteiger partial charge in [-0.1, -0.05) is 36.7 Å². The lowest BCUT2D eigenvalue weighted by atomic mass is 10.2. The van der Waals surface area contributed by atoms with Crippen molar-refractivity contribution in [3.8, 4) is 11.4 Å². The Morgan fingerprint density at radius 2 is 2.07 bits per heavy atom. The van der Waals surface area contributed by atoms with Crippen LogP contribution in [0.2, 0.25) is 0 Å². The molecule has 146 valence electrons. The second-order valence-electron chi connectivity index (χ2n) is 6.92. The summed E-state index contributed by atoms with van der Waals surface area (Å²) in [5, 5.41) is 17.9. The van der Waals surface area contributed by atoms with Gasteiger partial charge >= 0.3 is 0 Å². The number of fused-ring (bicyclic) bond motifs is 1. The van der Waals surface area contributed by atoms with Gasteiger partial charge in [-0.25, -0.2) is 4.68 Å². The minimum atomic E-state index is 0.0378. The molecule has 1 aliphatic rings. The number of hydrogen-bond acceptors (Lipinski definition) is 6. The van der Waals surface area contributed by atoms with Crippen LogP contribution in [0.25, 0.3) is 16.6 Å². The molecule has 2 aromatic heterocycles. The standard InChI is InChI=1S/C20H23N5O2S/c1-13-15-11-21-25(16-9-5-6-10-17(16)27-2)19(15)20(24-23-13)28-12-18(26)22-14-7-3-4-8-14/h5-6,9-11,14H,3-4,7-8,12H2,1-2H3,(H,22,26). The number of carbonyl (C=O) groups is 1. The van der Waals surface area contributed by atoms with E-state index in [0.717, 1.165) is 40.9 Å². The summed E-state index contributed by atoms with van der Waals surface area (Å²) in [4.78, 5) is 12.3. The van der Waals surface area contributed by atoms with Crippen molar-refractivity contribution in [2.75, 3.05) is 12.9 Å². The Balaban J connectivity index is 1.64. The van der Waals surface area contributed by atoms with E-state index in [9.17, 15) is 4.79 Å². The maximum absolute atomic E-state index is 12.3. The van der Waals surface area contributed by atoms with Crippen molar-refractivity contribution < 1.29 is 9.53 Å². The molecule has 0 atom stereocenters. The topological polar surface area (TPSA) is 81.9 Å². The Labute approximate surface area is 167 Å². The van der Waals surface area contributed by atoms with Gasteiger partial charge in [-0.3, -0.25) is 4.79 Å². The number of hydrogen-bond donors (Lipinski definition) is 1. The van der Waals surface area contributed by atoms with Crippen LogP contribution in [0.3, 0.4) is 0 Å². The van der Waals surface area contributed by atoms with E-state index in [2.05, 4.69) is 20.6 Å². The Bertz CT molecular complexity index is 997. The first-order valence-corrected chi connectivity index (χ1v) is 10.4. The zero-order valence-electron chi connectivity index (χ0n) is 16.0. The molecular formula is C20H23N5O2S. The first-order valence-electron chi connectivity index (χ1n) is 9.44. The molecule has 1 fully saturated rings. The number of ether oxygens (including phenoxy) is 1. The number of carbonyl (C=O) groups excluding carboxylic acids is 1. The highest BCUT2D eigenvalue weighted by molar-refractivity contribution is 8.00. The van der Waals surface area contributed by atoms with Crippen LogP contribution in [-0.4, -0.2) is 44.8 Å². The van der Waals surface area contributed by atoms with Gasteiger partial charge < -0.3 is 10.1 Å². The molecule has 0 bridgehead atoms. The first kappa shape index (κ1) is 18.7. The van der Waals surface area contributed by atoms with Crippen molar-refractivity contribution in [2.24, 2.45) is 0 Å². The van der Waals surface area contributed by atoms with Crippen molar-refractivity contribution in [3.05, 3.63) is 36.2 Å². The number of amides is 1. The van der Waals surface area contributed by atoms with Crippen molar-refractivity contribution in [1.29, 1.82) is 0 Å². The highest BCUT2D eigenvalue weighted by atomic mass is 32.2. The molecule has 2 heterocycles. The van der Waals surface area contributed by atoms with Crippen LogP contribution in [0, 0.1) is 6.92 Å². The molecule has 1 aromatic carbocycles. The highest BCUT2D eigenvalue weighted by Gasteiger charge is 2.20. The summed E-state index contributed by atoms with van der Waals surface area (Å²) in [7, 11) is 1.64.